The maximum absolute atomic E-state index is 5.28. The fraction of sp³-hybridized carbons (Fsp3) is 0.0769. The predicted molar refractivity (Wildman–Crippen MR) is 57.3 cm³/mol. The molecule has 0 saturated carbocycles. The Kier molecular flexibility index (Phi) is 4.76. The van der Waals surface area contributed by atoms with Crippen LogP contribution in [0.15, 0.2) is 48.5 Å². The molecule has 2 aromatic carbocycles. The summed E-state index contributed by atoms with van der Waals surface area (Å²) in [6, 6.07) is 18.9. The molecule has 0 saturated heterocycles. The Morgan fingerprint density at radius 2 is 1.80 bits per heavy atom. The SMILES string of the molecule is COc1cc[c-]cc1-c1ccccc1.[Sc]. The van der Waals surface area contributed by atoms with Crippen LogP contribution >= 0.6 is 0 Å². The molecule has 73 valence electrons. The van der Waals surface area contributed by atoms with Crippen LogP contribution in [0.3, 0.4) is 0 Å². The second-order valence-electron chi connectivity index (χ2n) is 2.99. The van der Waals surface area contributed by atoms with Crippen molar-refractivity contribution in [1.29, 1.82) is 0 Å². The number of ether oxygens (including phenoxy) is 1. The number of hydrogen-bond acceptors (Lipinski definition) is 1. The molecule has 0 amide bonds. The van der Waals surface area contributed by atoms with Gasteiger partial charge in [0.05, 0.1) is 7.11 Å². The maximum atomic E-state index is 5.28. The zero-order chi connectivity index (χ0) is 9.80. The zero-order valence-electron chi connectivity index (χ0n) is 8.60. The molecule has 0 heterocycles. The molecule has 0 bridgehead atoms. The van der Waals surface area contributed by atoms with E-state index in [4.69, 9.17) is 4.74 Å². The van der Waals surface area contributed by atoms with Crippen molar-refractivity contribution in [3.8, 4) is 16.9 Å². The van der Waals surface area contributed by atoms with Crippen molar-refractivity contribution in [3.05, 3.63) is 54.6 Å². The van der Waals surface area contributed by atoms with Gasteiger partial charge < -0.3 is 4.74 Å². The Hall–Kier alpha value is -0.890. The Labute approximate surface area is 109 Å². The smallest absolute Gasteiger partial charge is 0.0744 e. The third kappa shape index (κ3) is 2.78. The monoisotopic (exact) mass is 228 g/mol. The van der Waals surface area contributed by atoms with E-state index >= 15 is 0 Å². The first kappa shape index (κ1) is 12.2. The van der Waals surface area contributed by atoms with Crippen LogP contribution in [-0.2, 0) is 25.8 Å². The van der Waals surface area contributed by atoms with Crippen LogP contribution in [0.2, 0.25) is 0 Å². The molecule has 0 atom stereocenters. The van der Waals surface area contributed by atoms with E-state index in [1.54, 1.807) is 7.11 Å². The molecule has 2 heteroatoms. The van der Waals surface area contributed by atoms with E-state index in [-0.39, 0.29) is 25.8 Å². The molecule has 2 aromatic rings. The first-order valence-electron chi connectivity index (χ1n) is 4.51. The largest absolute Gasteiger partial charge is 0.522 e. The van der Waals surface area contributed by atoms with E-state index < -0.39 is 0 Å². The van der Waals surface area contributed by atoms with Crippen molar-refractivity contribution in [2.75, 3.05) is 7.11 Å². The topological polar surface area (TPSA) is 9.23 Å². The van der Waals surface area contributed by atoms with Gasteiger partial charge in [-0.2, -0.15) is 18.2 Å². The third-order valence-corrected chi connectivity index (χ3v) is 2.13. The van der Waals surface area contributed by atoms with E-state index in [1.807, 2.05) is 36.4 Å². The van der Waals surface area contributed by atoms with Gasteiger partial charge in [-0.1, -0.05) is 41.5 Å². The van der Waals surface area contributed by atoms with Gasteiger partial charge in [0.1, 0.15) is 0 Å². The minimum atomic E-state index is 0. The van der Waals surface area contributed by atoms with E-state index in [2.05, 4.69) is 18.2 Å². The van der Waals surface area contributed by atoms with Gasteiger partial charge in [-0.3, -0.25) is 0 Å². The molecule has 0 aromatic heterocycles. The van der Waals surface area contributed by atoms with Gasteiger partial charge in [0, 0.05) is 31.6 Å². The Bertz CT molecular complexity index is 412. The summed E-state index contributed by atoms with van der Waals surface area (Å²) in [5.41, 5.74) is 2.23. The molecule has 0 N–H and O–H groups in total. The van der Waals surface area contributed by atoms with Crippen molar-refractivity contribution in [3.63, 3.8) is 0 Å². The average Bonchev–Trinajstić information content (AvgIpc) is 2.30. The Balaban J connectivity index is 0.00000112. The maximum Gasteiger partial charge on any atom is 0.0744 e. The molecule has 0 aliphatic heterocycles. The predicted octanol–water partition coefficient (Wildman–Crippen LogP) is 3.16. The van der Waals surface area contributed by atoms with Crippen LogP contribution in [0, 0.1) is 6.07 Å². The number of benzene rings is 2. The first-order valence-corrected chi connectivity index (χ1v) is 4.51. The molecule has 0 aliphatic rings. The summed E-state index contributed by atoms with van der Waals surface area (Å²) >= 11 is 0. The minimum Gasteiger partial charge on any atom is -0.522 e. The first-order chi connectivity index (χ1) is 6.92. The van der Waals surface area contributed by atoms with E-state index in [1.165, 1.54) is 0 Å². The normalized spacial score (nSPS) is 9.13. The van der Waals surface area contributed by atoms with E-state index in [0.29, 0.717) is 0 Å². The summed E-state index contributed by atoms with van der Waals surface area (Å²) < 4.78 is 5.28. The van der Waals surface area contributed by atoms with Crippen LogP contribution < -0.4 is 4.74 Å². The minimum absolute atomic E-state index is 0. The number of methoxy groups -OCH3 is 1. The van der Waals surface area contributed by atoms with Crippen molar-refractivity contribution >= 4 is 0 Å². The number of rotatable bonds is 2. The molecule has 0 aliphatic carbocycles. The van der Waals surface area contributed by atoms with Crippen molar-refractivity contribution in [2.24, 2.45) is 0 Å². The van der Waals surface area contributed by atoms with Crippen LogP contribution in [0.1, 0.15) is 0 Å². The second-order valence-corrected chi connectivity index (χ2v) is 2.99. The van der Waals surface area contributed by atoms with Crippen LogP contribution in [0.4, 0.5) is 0 Å². The fourth-order valence-corrected chi connectivity index (χ4v) is 1.44. The van der Waals surface area contributed by atoms with Gasteiger partial charge in [-0.25, -0.2) is 0 Å². The molecule has 0 fully saturated rings. The molecule has 2 rings (SSSR count). The number of hydrogen-bond donors (Lipinski definition) is 0. The summed E-state index contributed by atoms with van der Waals surface area (Å²) in [5.74, 6) is 0.884. The van der Waals surface area contributed by atoms with Crippen LogP contribution in [-0.4, -0.2) is 7.11 Å². The molecule has 0 unspecified atom stereocenters. The average molecular weight is 228 g/mol. The van der Waals surface area contributed by atoms with Gasteiger partial charge in [-0.15, -0.1) is 6.07 Å². The van der Waals surface area contributed by atoms with E-state index in [0.717, 1.165) is 16.9 Å². The summed E-state index contributed by atoms with van der Waals surface area (Å²) in [7, 11) is 1.68. The summed E-state index contributed by atoms with van der Waals surface area (Å²) in [6.45, 7) is 0. The zero-order valence-corrected chi connectivity index (χ0v) is 10.4. The molecule has 15 heavy (non-hydrogen) atoms. The quantitative estimate of drug-likeness (QED) is 0.717. The van der Waals surface area contributed by atoms with Crippen LogP contribution in [0.25, 0.3) is 11.1 Å². The summed E-state index contributed by atoms with van der Waals surface area (Å²) in [5, 5.41) is 0. The van der Waals surface area contributed by atoms with Gasteiger partial charge in [0.2, 0.25) is 0 Å². The van der Waals surface area contributed by atoms with Gasteiger partial charge in [0.25, 0.3) is 0 Å². The van der Waals surface area contributed by atoms with Crippen molar-refractivity contribution in [2.45, 2.75) is 0 Å². The van der Waals surface area contributed by atoms with Crippen molar-refractivity contribution in [1.82, 2.24) is 0 Å². The summed E-state index contributed by atoms with van der Waals surface area (Å²) in [6.07, 6.45) is 0. The second kappa shape index (κ2) is 5.86. The Morgan fingerprint density at radius 3 is 2.47 bits per heavy atom. The van der Waals surface area contributed by atoms with Gasteiger partial charge >= 0.3 is 0 Å². The molecule has 1 nitrogen and oxygen atoms in total. The molecular weight excluding hydrogens is 217 g/mol. The van der Waals surface area contributed by atoms with E-state index in [9.17, 15) is 0 Å². The molecule has 0 spiro atoms. The van der Waals surface area contributed by atoms with Gasteiger partial charge in [0.15, 0.2) is 0 Å². The third-order valence-electron chi connectivity index (χ3n) is 2.13. The van der Waals surface area contributed by atoms with Gasteiger partial charge in [-0.05, 0) is 0 Å². The standard InChI is InChI=1S/C13H11O.Sc/c1-14-13-10-6-5-9-12(13)11-7-3-2-4-8-11;/h2-4,6-10H,1H3;/q-1;. The molecule has 1 radical (unpaired) electrons. The van der Waals surface area contributed by atoms with Crippen LogP contribution in [0.5, 0.6) is 5.75 Å². The summed E-state index contributed by atoms with van der Waals surface area (Å²) in [4.78, 5) is 0. The fourth-order valence-electron chi connectivity index (χ4n) is 1.44. The molecular formula is C13H11OSc-. The Morgan fingerprint density at radius 1 is 1.07 bits per heavy atom. The van der Waals surface area contributed by atoms with Crippen molar-refractivity contribution < 1.29 is 30.6 Å².